The van der Waals surface area contributed by atoms with Crippen LogP contribution in [-0.4, -0.2) is 17.3 Å². The highest BCUT2D eigenvalue weighted by Gasteiger charge is 2.18. The maximum absolute atomic E-state index is 5.18. The van der Waals surface area contributed by atoms with Crippen LogP contribution in [0.3, 0.4) is 0 Å². The first kappa shape index (κ1) is 10.6. The van der Waals surface area contributed by atoms with Crippen molar-refractivity contribution in [1.29, 1.82) is 0 Å². The van der Waals surface area contributed by atoms with Gasteiger partial charge in [-0.25, -0.2) is 0 Å². The van der Waals surface area contributed by atoms with Gasteiger partial charge in [-0.1, -0.05) is 35.5 Å². The molecule has 3 nitrogen and oxygen atoms in total. The first-order valence-corrected chi connectivity index (χ1v) is 5.77. The van der Waals surface area contributed by atoms with E-state index in [1.807, 2.05) is 18.2 Å². The van der Waals surface area contributed by atoms with E-state index in [0.29, 0.717) is 0 Å². The number of rotatable bonds is 4. The Morgan fingerprint density at radius 3 is 2.87 bits per heavy atom. The molecule has 1 N–H and O–H groups in total. The molecule has 0 aliphatic carbocycles. The fourth-order valence-corrected chi connectivity index (χ4v) is 1.92. The van der Waals surface area contributed by atoms with Crippen LogP contribution in [0.15, 0.2) is 35.5 Å². The van der Waals surface area contributed by atoms with E-state index in [-0.39, 0.29) is 6.10 Å². The number of oxime groups is 1. The van der Waals surface area contributed by atoms with Crippen molar-refractivity contribution in [3.8, 4) is 0 Å². The number of halogens is 1. The van der Waals surface area contributed by atoms with E-state index in [9.17, 15) is 0 Å². The van der Waals surface area contributed by atoms with Gasteiger partial charge in [0.05, 0.1) is 0 Å². The molecule has 1 atom stereocenters. The lowest BCUT2D eigenvalue weighted by molar-refractivity contribution is 0.0849. The van der Waals surface area contributed by atoms with Crippen LogP contribution < -0.4 is 5.32 Å². The number of nitrogens with one attached hydrogen (secondary N) is 1. The Morgan fingerprint density at radius 1 is 1.40 bits per heavy atom. The van der Waals surface area contributed by atoms with Crippen molar-refractivity contribution in [2.24, 2.45) is 5.16 Å². The fraction of sp³-hybridized carbons (Fsp3) is 0.364. The van der Waals surface area contributed by atoms with Gasteiger partial charge in [0.15, 0.2) is 0 Å². The zero-order valence-corrected chi connectivity index (χ0v) is 9.90. The summed E-state index contributed by atoms with van der Waals surface area (Å²) in [6.45, 7) is 1.70. The predicted octanol–water partition coefficient (Wildman–Crippen LogP) is 2.27. The SMILES string of the molecule is BrC1=NO[C@H](CNCc2ccccc2)C1. The van der Waals surface area contributed by atoms with Crippen molar-refractivity contribution in [2.45, 2.75) is 19.1 Å². The second kappa shape index (κ2) is 5.28. The molecule has 1 aromatic carbocycles. The first-order valence-electron chi connectivity index (χ1n) is 4.97. The Labute approximate surface area is 97.6 Å². The van der Waals surface area contributed by atoms with Crippen LogP contribution in [-0.2, 0) is 11.4 Å². The average molecular weight is 269 g/mol. The second-order valence-corrected chi connectivity index (χ2v) is 4.43. The summed E-state index contributed by atoms with van der Waals surface area (Å²) >= 11 is 3.31. The largest absolute Gasteiger partial charge is 0.390 e. The standard InChI is InChI=1S/C11H13BrN2O/c12-11-6-10(15-14-11)8-13-7-9-4-2-1-3-5-9/h1-5,10,13H,6-8H2/t10-/m0/s1. The summed E-state index contributed by atoms with van der Waals surface area (Å²) in [7, 11) is 0. The minimum atomic E-state index is 0.170. The van der Waals surface area contributed by atoms with E-state index < -0.39 is 0 Å². The Bertz CT molecular complexity index is 340. The lowest BCUT2D eigenvalue weighted by Crippen LogP contribution is -2.26. The third-order valence-electron chi connectivity index (χ3n) is 2.24. The Kier molecular flexibility index (Phi) is 3.75. The molecular weight excluding hydrogens is 256 g/mol. The van der Waals surface area contributed by atoms with Crippen LogP contribution in [0, 0.1) is 0 Å². The minimum absolute atomic E-state index is 0.170. The molecule has 0 amide bonds. The second-order valence-electron chi connectivity index (χ2n) is 3.52. The maximum atomic E-state index is 5.18. The van der Waals surface area contributed by atoms with Crippen molar-refractivity contribution in [1.82, 2.24) is 5.32 Å². The molecule has 0 unspecified atom stereocenters. The van der Waals surface area contributed by atoms with E-state index >= 15 is 0 Å². The summed E-state index contributed by atoms with van der Waals surface area (Å²) in [6.07, 6.45) is 1.03. The van der Waals surface area contributed by atoms with Crippen LogP contribution >= 0.6 is 15.9 Å². The summed E-state index contributed by atoms with van der Waals surface area (Å²) in [5, 5.41) is 7.18. The van der Waals surface area contributed by atoms with Gasteiger partial charge < -0.3 is 10.2 Å². The molecule has 1 aliphatic heterocycles. The summed E-state index contributed by atoms with van der Waals surface area (Å²) in [4.78, 5) is 5.18. The molecule has 0 aromatic heterocycles. The molecule has 0 bridgehead atoms. The van der Waals surface area contributed by atoms with E-state index in [1.54, 1.807) is 0 Å². The van der Waals surface area contributed by atoms with Crippen molar-refractivity contribution in [2.75, 3.05) is 6.54 Å². The molecule has 0 saturated carbocycles. The molecular formula is C11H13BrN2O. The number of benzene rings is 1. The predicted molar refractivity (Wildman–Crippen MR) is 64.0 cm³/mol. The number of hydrogen-bond donors (Lipinski definition) is 1. The van der Waals surface area contributed by atoms with Crippen molar-refractivity contribution < 1.29 is 4.84 Å². The van der Waals surface area contributed by atoms with Gasteiger partial charge in [-0.3, -0.25) is 0 Å². The zero-order valence-electron chi connectivity index (χ0n) is 8.32. The lowest BCUT2D eigenvalue weighted by atomic mass is 10.2. The molecule has 80 valence electrons. The summed E-state index contributed by atoms with van der Waals surface area (Å²) < 4.78 is 0.897. The highest BCUT2D eigenvalue weighted by atomic mass is 79.9. The van der Waals surface area contributed by atoms with Gasteiger partial charge in [0, 0.05) is 19.5 Å². The van der Waals surface area contributed by atoms with Crippen molar-refractivity contribution >= 4 is 20.6 Å². The third kappa shape index (κ3) is 3.32. The molecule has 0 spiro atoms. The smallest absolute Gasteiger partial charge is 0.146 e. The van der Waals surface area contributed by atoms with Crippen LogP contribution in [0.2, 0.25) is 0 Å². The van der Waals surface area contributed by atoms with E-state index in [0.717, 1.165) is 24.1 Å². The summed E-state index contributed by atoms with van der Waals surface area (Å²) in [5.41, 5.74) is 1.29. The van der Waals surface area contributed by atoms with Gasteiger partial charge in [0.2, 0.25) is 0 Å². The first-order chi connectivity index (χ1) is 7.34. The summed E-state index contributed by atoms with van der Waals surface area (Å²) in [6, 6.07) is 10.3. The monoisotopic (exact) mass is 268 g/mol. The maximum Gasteiger partial charge on any atom is 0.146 e. The van der Waals surface area contributed by atoms with Crippen LogP contribution in [0.1, 0.15) is 12.0 Å². The molecule has 1 heterocycles. The summed E-state index contributed by atoms with van der Waals surface area (Å²) in [5.74, 6) is 0. The van der Waals surface area contributed by atoms with Gasteiger partial charge in [0.25, 0.3) is 0 Å². The Hall–Kier alpha value is -0.870. The van der Waals surface area contributed by atoms with Gasteiger partial charge in [-0.05, 0) is 21.5 Å². The third-order valence-corrected chi connectivity index (χ3v) is 2.71. The normalized spacial score (nSPS) is 19.8. The highest BCUT2D eigenvalue weighted by Crippen LogP contribution is 2.13. The van der Waals surface area contributed by atoms with Crippen molar-refractivity contribution in [3.05, 3.63) is 35.9 Å². The Balaban J connectivity index is 1.68. The molecule has 0 radical (unpaired) electrons. The molecule has 15 heavy (non-hydrogen) atoms. The molecule has 0 saturated heterocycles. The molecule has 0 fully saturated rings. The molecule has 2 rings (SSSR count). The average Bonchev–Trinajstić information content (AvgIpc) is 2.66. The lowest BCUT2D eigenvalue weighted by Gasteiger charge is -2.09. The van der Waals surface area contributed by atoms with Crippen LogP contribution in [0.25, 0.3) is 0 Å². The highest BCUT2D eigenvalue weighted by molar-refractivity contribution is 9.18. The van der Waals surface area contributed by atoms with Crippen LogP contribution in [0.4, 0.5) is 0 Å². The van der Waals surface area contributed by atoms with Crippen LogP contribution in [0.5, 0.6) is 0 Å². The van der Waals surface area contributed by atoms with Crippen molar-refractivity contribution in [3.63, 3.8) is 0 Å². The quantitative estimate of drug-likeness (QED) is 0.909. The molecule has 1 aliphatic rings. The molecule has 4 heteroatoms. The van der Waals surface area contributed by atoms with Gasteiger partial charge in [-0.15, -0.1) is 0 Å². The van der Waals surface area contributed by atoms with E-state index in [2.05, 4.69) is 38.5 Å². The Morgan fingerprint density at radius 2 is 2.20 bits per heavy atom. The fourth-order valence-electron chi connectivity index (χ4n) is 1.48. The minimum Gasteiger partial charge on any atom is -0.390 e. The molecule has 1 aromatic rings. The number of nitrogens with zero attached hydrogens (tertiary/aromatic N) is 1. The van der Waals surface area contributed by atoms with Gasteiger partial charge in [-0.2, -0.15) is 0 Å². The van der Waals surface area contributed by atoms with Gasteiger partial charge >= 0.3 is 0 Å². The van der Waals surface area contributed by atoms with E-state index in [1.165, 1.54) is 5.56 Å². The van der Waals surface area contributed by atoms with E-state index in [4.69, 9.17) is 4.84 Å². The van der Waals surface area contributed by atoms with Gasteiger partial charge in [0.1, 0.15) is 10.7 Å². The zero-order chi connectivity index (χ0) is 10.5. The number of hydrogen-bond acceptors (Lipinski definition) is 3. The topological polar surface area (TPSA) is 33.6 Å².